The minimum absolute atomic E-state index is 0.178. The largest absolute Gasteiger partial charge is 0.491 e. The number of rotatable bonds is 6. The molecule has 0 saturated carbocycles. The van der Waals surface area contributed by atoms with Gasteiger partial charge in [-0.2, -0.15) is 0 Å². The standard InChI is InChI=1S/C19H19ClN2O4S/c1-4-26-17-12-14(11-16(20)18(17)25-3)19-21-9-10-22(19)27(23,24)15-7-5-13(2)6-8-15/h5-12H,4H2,1-3H3. The summed E-state index contributed by atoms with van der Waals surface area (Å²) in [5, 5.41) is 0.306. The molecule has 2 aromatic carbocycles. The van der Waals surface area contributed by atoms with Crippen LogP contribution in [0.3, 0.4) is 0 Å². The van der Waals surface area contributed by atoms with E-state index in [-0.39, 0.29) is 10.7 Å². The lowest BCUT2D eigenvalue weighted by Gasteiger charge is -2.14. The van der Waals surface area contributed by atoms with E-state index in [1.165, 1.54) is 19.5 Å². The highest BCUT2D eigenvalue weighted by atomic mass is 35.5. The molecular formula is C19H19ClN2O4S. The zero-order valence-electron chi connectivity index (χ0n) is 15.1. The van der Waals surface area contributed by atoms with Gasteiger partial charge >= 0.3 is 0 Å². The predicted octanol–water partition coefficient (Wildman–Crippen LogP) is 4.16. The number of benzene rings is 2. The molecule has 3 aromatic rings. The van der Waals surface area contributed by atoms with Crippen molar-refractivity contribution in [2.24, 2.45) is 0 Å². The third-order valence-electron chi connectivity index (χ3n) is 3.96. The summed E-state index contributed by atoms with van der Waals surface area (Å²) in [6, 6.07) is 9.91. The molecule has 0 bridgehead atoms. The number of methoxy groups -OCH3 is 1. The van der Waals surface area contributed by atoms with Gasteiger partial charge in [0.25, 0.3) is 10.0 Å². The number of ether oxygens (including phenoxy) is 2. The first-order valence-corrected chi connectivity index (χ1v) is 10.1. The van der Waals surface area contributed by atoms with E-state index in [0.29, 0.717) is 28.7 Å². The number of nitrogens with zero attached hydrogens (tertiary/aromatic N) is 2. The lowest BCUT2D eigenvalue weighted by molar-refractivity contribution is 0.311. The number of hydrogen-bond donors (Lipinski definition) is 0. The van der Waals surface area contributed by atoms with Crippen LogP contribution in [0.2, 0.25) is 5.02 Å². The SMILES string of the molecule is CCOc1cc(-c2nccn2S(=O)(=O)c2ccc(C)cc2)cc(Cl)c1OC. The Kier molecular flexibility index (Phi) is 5.43. The molecule has 1 aromatic heterocycles. The quantitative estimate of drug-likeness (QED) is 0.614. The van der Waals surface area contributed by atoms with Crippen molar-refractivity contribution in [1.29, 1.82) is 0 Å². The Morgan fingerprint density at radius 1 is 1.19 bits per heavy atom. The van der Waals surface area contributed by atoms with Gasteiger partial charge < -0.3 is 9.47 Å². The Balaban J connectivity index is 2.14. The first-order chi connectivity index (χ1) is 12.9. The molecule has 0 saturated heterocycles. The average Bonchev–Trinajstić information content (AvgIpc) is 3.13. The first kappa shape index (κ1) is 19.3. The Labute approximate surface area is 163 Å². The fraction of sp³-hybridized carbons (Fsp3) is 0.211. The first-order valence-electron chi connectivity index (χ1n) is 8.24. The molecule has 6 nitrogen and oxygen atoms in total. The molecule has 0 atom stereocenters. The van der Waals surface area contributed by atoms with Crippen LogP contribution in [-0.2, 0) is 10.0 Å². The van der Waals surface area contributed by atoms with Gasteiger partial charge in [-0.1, -0.05) is 29.3 Å². The maximum absolute atomic E-state index is 13.1. The smallest absolute Gasteiger partial charge is 0.269 e. The number of hydrogen-bond acceptors (Lipinski definition) is 5. The second kappa shape index (κ2) is 7.62. The van der Waals surface area contributed by atoms with Gasteiger partial charge in [0.05, 0.1) is 23.6 Å². The van der Waals surface area contributed by atoms with Gasteiger partial charge in [-0.25, -0.2) is 17.4 Å². The summed E-state index contributed by atoms with van der Waals surface area (Å²) in [5.74, 6) is 1.05. The van der Waals surface area contributed by atoms with E-state index in [1.807, 2.05) is 13.8 Å². The molecule has 142 valence electrons. The van der Waals surface area contributed by atoms with Crippen molar-refractivity contribution in [3.05, 3.63) is 59.4 Å². The zero-order chi connectivity index (χ0) is 19.6. The van der Waals surface area contributed by atoms with Crippen molar-refractivity contribution in [2.75, 3.05) is 13.7 Å². The predicted molar refractivity (Wildman–Crippen MR) is 104 cm³/mol. The molecule has 0 fully saturated rings. The summed E-state index contributed by atoms with van der Waals surface area (Å²) in [6.45, 7) is 4.14. The maximum atomic E-state index is 13.1. The number of aryl methyl sites for hydroxylation is 1. The monoisotopic (exact) mass is 406 g/mol. The molecular weight excluding hydrogens is 388 g/mol. The normalized spacial score (nSPS) is 11.4. The molecule has 0 spiro atoms. The summed E-state index contributed by atoms with van der Waals surface area (Å²) in [6.07, 6.45) is 2.84. The second-order valence-corrected chi connectivity index (χ2v) is 8.01. The van der Waals surface area contributed by atoms with Crippen LogP contribution in [0.5, 0.6) is 11.5 Å². The van der Waals surface area contributed by atoms with Gasteiger partial charge in [-0.05, 0) is 38.1 Å². The van der Waals surface area contributed by atoms with Gasteiger partial charge in [-0.3, -0.25) is 0 Å². The van der Waals surface area contributed by atoms with Crippen molar-refractivity contribution in [2.45, 2.75) is 18.7 Å². The van der Waals surface area contributed by atoms with E-state index < -0.39 is 10.0 Å². The fourth-order valence-corrected chi connectivity index (χ4v) is 4.26. The van der Waals surface area contributed by atoms with Crippen molar-refractivity contribution in [3.8, 4) is 22.9 Å². The number of halogens is 1. The van der Waals surface area contributed by atoms with Crippen molar-refractivity contribution >= 4 is 21.6 Å². The summed E-state index contributed by atoms with van der Waals surface area (Å²) >= 11 is 6.30. The van der Waals surface area contributed by atoms with E-state index in [1.54, 1.807) is 36.4 Å². The molecule has 3 rings (SSSR count). The number of imidazole rings is 1. The molecule has 0 unspecified atom stereocenters. The van der Waals surface area contributed by atoms with Gasteiger partial charge in [0, 0.05) is 18.0 Å². The minimum Gasteiger partial charge on any atom is -0.491 e. The lowest BCUT2D eigenvalue weighted by Crippen LogP contribution is -2.13. The molecule has 0 amide bonds. The van der Waals surface area contributed by atoms with E-state index in [4.69, 9.17) is 21.1 Å². The van der Waals surface area contributed by atoms with E-state index in [2.05, 4.69) is 4.98 Å². The van der Waals surface area contributed by atoms with Crippen LogP contribution >= 0.6 is 11.6 Å². The Hall–Kier alpha value is -2.51. The Morgan fingerprint density at radius 2 is 1.89 bits per heavy atom. The topological polar surface area (TPSA) is 70.4 Å². The van der Waals surface area contributed by atoms with Crippen LogP contribution < -0.4 is 9.47 Å². The van der Waals surface area contributed by atoms with Crippen LogP contribution in [0.4, 0.5) is 0 Å². The average molecular weight is 407 g/mol. The summed E-state index contributed by atoms with van der Waals surface area (Å²) in [4.78, 5) is 4.40. The molecule has 0 N–H and O–H groups in total. The fourth-order valence-electron chi connectivity index (χ4n) is 2.67. The van der Waals surface area contributed by atoms with Crippen molar-refractivity contribution < 1.29 is 17.9 Å². The maximum Gasteiger partial charge on any atom is 0.269 e. The van der Waals surface area contributed by atoms with Crippen LogP contribution in [0, 0.1) is 6.92 Å². The highest BCUT2D eigenvalue weighted by Crippen LogP contribution is 2.39. The second-order valence-electron chi connectivity index (χ2n) is 5.79. The zero-order valence-corrected chi connectivity index (χ0v) is 16.7. The molecule has 0 aliphatic rings. The molecule has 8 heteroatoms. The third-order valence-corrected chi connectivity index (χ3v) is 5.92. The van der Waals surface area contributed by atoms with Crippen molar-refractivity contribution in [1.82, 2.24) is 8.96 Å². The third kappa shape index (κ3) is 3.65. The summed E-state index contributed by atoms with van der Waals surface area (Å²) in [5.41, 5.74) is 1.48. The Bertz CT molecular complexity index is 1060. The van der Waals surface area contributed by atoms with Crippen LogP contribution in [-0.4, -0.2) is 31.1 Å². The number of aromatic nitrogens is 2. The highest BCUT2D eigenvalue weighted by Gasteiger charge is 2.23. The van der Waals surface area contributed by atoms with Crippen LogP contribution in [0.25, 0.3) is 11.4 Å². The van der Waals surface area contributed by atoms with E-state index in [9.17, 15) is 8.42 Å². The highest BCUT2D eigenvalue weighted by molar-refractivity contribution is 7.90. The summed E-state index contributed by atoms with van der Waals surface area (Å²) < 4.78 is 38.1. The van der Waals surface area contributed by atoms with Crippen molar-refractivity contribution in [3.63, 3.8) is 0 Å². The van der Waals surface area contributed by atoms with Crippen LogP contribution in [0.1, 0.15) is 12.5 Å². The van der Waals surface area contributed by atoms with E-state index in [0.717, 1.165) is 9.54 Å². The molecule has 1 heterocycles. The van der Waals surface area contributed by atoms with Gasteiger partial charge in [0.1, 0.15) is 0 Å². The van der Waals surface area contributed by atoms with E-state index >= 15 is 0 Å². The molecule has 0 aliphatic carbocycles. The Morgan fingerprint density at radius 3 is 2.52 bits per heavy atom. The van der Waals surface area contributed by atoms with Gasteiger partial charge in [0.2, 0.25) is 0 Å². The molecule has 0 radical (unpaired) electrons. The lowest BCUT2D eigenvalue weighted by atomic mass is 10.2. The summed E-state index contributed by atoms with van der Waals surface area (Å²) in [7, 11) is -2.31. The molecule has 0 aliphatic heterocycles. The van der Waals surface area contributed by atoms with Crippen LogP contribution in [0.15, 0.2) is 53.7 Å². The van der Waals surface area contributed by atoms with Gasteiger partial charge in [0.15, 0.2) is 17.3 Å². The molecule has 27 heavy (non-hydrogen) atoms. The van der Waals surface area contributed by atoms with Gasteiger partial charge in [-0.15, -0.1) is 0 Å². The minimum atomic E-state index is -3.81.